The maximum atomic E-state index is 10.7. The molecule has 0 saturated carbocycles. The van der Waals surface area contributed by atoms with Crippen LogP contribution in [0.5, 0.6) is 0 Å². The molecule has 0 aromatic rings. The third-order valence-corrected chi connectivity index (χ3v) is 3.21. The molecule has 0 amide bonds. The van der Waals surface area contributed by atoms with E-state index in [4.69, 9.17) is 29.4 Å². The van der Waals surface area contributed by atoms with Gasteiger partial charge in [-0.05, 0) is 0 Å². The fraction of sp³-hybridized carbons (Fsp3) is 0.500. The Balaban J connectivity index is 4.16. The lowest BCUT2D eigenvalue weighted by Gasteiger charge is -2.04. The van der Waals surface area contributed by atoms with E-state index in [0.717, 1.165) is 0 Å². The molecule has 0 bridgehead atoms. The van der Waals surface area contributed by atoms with Crippen LogP contribution in [0.4, 0.5) is 0 Å². The predicted octanol–water partition coefficient (Wildman–Crippen LogP) is -1.25. The Hall–Kier alpha value is 0.380. The van der Waals surface area contributed by atoms with Crippen molar-refractivity contribution in [2.75, 3.05) is 6.16 Å². The molecule has 0 aliphatic carbocycles. The first-order chi connectivity index (χ1) is 6.02. The molecule has 7 nitrogen and oxygen atoms in total. The maximum absolute atomic E-state index is 10.7. The van der Waals surface area contributed by atoms with Crippen LogP contribution in [0.3, 0.4) is 0 Å². The van der Waals surface area contributed by atoms with E-state index >= 15 is 0 Å². The van der Waals surface area contributed by atoms with Gasteiger partial charge in [0.25, 0.3) is 0 Å². The number of hydrogen-bond acceptors (Lipinski definition) is 8. The highest BCUT2D eigenvalue weighted by Gasteiger charge is 2.44. The van der Waals surface area contributed by atoms with Crippen molar-refractivity contribution in [3.05, 3.63) is 0 Å². The minimum absolute atomic E-state index is 0.266. The second kappa shape index (κ2) is 4.94. The van der Waals surface area contributed by atoms with E-state index < -0.39 is 34.0 Å². The van der Waals surface area contributed by atoms with E-state index in [0.29, 0.717) is 0 Å². The third-order valence-electron chi connectivity index (χ3n) is 1.07. The van der Waals surface area contributed by atoms with Crippen LogP contribution in [-0.2, 0) is 4.79 Å². The summed E-state index contributed by atoms with van der Waals surface area (Å²) in [6, 6.07) is 0. The van der Waals surface area contributed by atoms with Crippen molar-refractivity contribution >= 4 is 38.5 Å². The normalized spacial score (nSPS) is 12.7. The van der Waals surface area contributed by atoms with Crippen molar-refractivity contribution < 1.29 is 34.2 Å². The molecular formula is C4H10O7P2S+2. The molecule has 0 spiro atoms. The van der Waals surface area contributed by atoms with Crippen molar-refractivity contribution in [2.45, 2.75) is 6.42 Å². The van der Waals surface area contributed by atoms with E-state index in [1.807, 2.05) is 0 Å². The van der Waals surface area contributed by atoms with Crippen LogP contribution < -0.4 is 0 Å². The smallest absolute Gasteiger partial charge is 0.243 e. The molecule has 6 N–H and O–H groups in total. The molecule has 0 rings (SSSR count). The second-order valence-electron chi connectivity index (χ2n) is 2.53. The lowest BCUT2D eigenvalue weighted by Crippen LogP contribution is -2.14. The van der Waals surface area contributed by atoms with Gasteiger partial charge in [0.05, 0.1) is 6.42 Å². The summed E-state index contributed by atoms with van der Waals surface area (Å²) in [4.78, 5) is 61.5. The summed E-state index contributed by atoms with van der Waals surface area (Å²) in [7, 11) is -8.69. The Bertz CT molecular complexity index is 241. The summed E-state index contributed by atoms with van der Waals surface area (Å²) >= 11 is 4.46. The lowest BCUT2D eigenvalue weighted by molar-refractivity contribution is -0.113. The number of hydrogen-bond donors (Lipinski definition) is 6. The molecular weight excluding hydrogens is 254 g/mol. The molecule has 82 valence electrons. The lowest BCUT2D eigenvalue weighted by atomic mass is 10.4. The Morgan fingerprint density at radius 3 is 1.79 bits per heavy atom. The number of carbonyl (C=O) groups excluding carboxylic acids is 1. The summed E-state index contributed by atoms with van der Waals surface area (Å²) in [6.45, 7) is 0. The molecule has 0 aromatic carbocycles. The first-order valence-corrected chi connectivity index (χ1v) is 7.10. The Labute approximate surface area is 85.8 Å². The van der Waals surface area contributed by atoms with Crippen LogP contribution in [0.1, 0.15) is 6.42 Å². The molecule has 10 heteroatoms. The summed E-state index contributed by atoms with van der Waals surface area (Å²) < 4.78 is 0. The molecule has 0 aliphatic rings. The zero-order valence-electron chi connectivity index (χ0n) is 6.81. The number of rotatable bonds is 5. The summed E-state index contributed by atoms with van der Waals surface area (Å²) in [5, 5.41) is 0. The summed E-state index contributed by atoms with van der Waals surface area (Å²) in [5.41, 5.74) is -1.30. The van der Waals surface area contributed by atoms with Crippen molar-refractivity contribution in [3.8, 4) is 0 Å². The van der Waals surface area contributed by atoms with Gasteiger partial charge >= 0.3 is 21.4 Å². The van der Waals surface area contributed by atoms with Crippen molar-refractivity contribution in [1.82, 2.24) is 0 Å². The standard InChI is InChI=1S/C4H10O7P2S/c5-4(13(9,10)11)1-3(14)2-12(6,7)8/h6-11H,1-2H2/q+2. The Kier molecular flexibility index (Phi) is 5.07. The molecule has 0 aromatic heterocycles. The van der Waals surface area contributed by atoms with Gasteiger partial charge in [-0.3, -0.25) is 0 Å². The van der Waals surface area contributed by atoms with Crippen molar-refractivity contribution in [3.63, 3.8) is 0 Å². The molecule has 0 atom stereocenters. The largest absolute Gasteiger partial charge is 0.478 e. The van der Waals surface area contributed by atoms with Gasteiger partial charge in [-0.1, -0.05) is 12.2 Å². The van der Waals surface area contributed by atoms with Gasteiger partial charge in [0.1, 0.15) is 0 Å². The second-order valence-corrected chi connectivity index (χ2v) is 6.44. The van der Waals surface area contributed by atoms with Crippen LogP contribution in [0, 0.1) is 0 Å². The zero-order chi connectivity index (χ0) is 11.6. The minimum atomic E-state index is -4.59. The van der Waals surface area contributed by atoms with Crippen LogP contribution in [0.25, 0.3) is 0 Å². The van der Waals surface area contributed by atoms with E-state index in [2.05, 4.69) is 12.2 Å². The molecule has 0 heterocycles. The number of thiocarbonyl (C=S) groups is 1. The Morgan fingerprint density at radius 1 is 1.07 bits per heavy atom. The maximum Gasteiger partial charge on any atom is 0.478 e. The van der Waals surface area contributed by atoms with Gasteiger partial charge in [0, 0.05) is 4.86 Å². The summed E-state index contributed by atoms with van der Waals surface area (Å²) in [6.07, 6.45) is -1.38. The minimum Gasteiger partial charge on any atom is -0.243 e. The average molecular weight is 264 g/mol. The molecule has 14 heavy (non-hydrogen) atoms. The van der Waals surface area contributed by atoms with Gasteiger partial charge in [0.15, 0.2) is 6.16 Å². The molecule has 0 unspecified atom stereocenters. The highest BCUT2D eigenvalue weighted by Crippen LogP contribution is 2.48. The monoisotopic (exact) mass is 264 g/mol. The highest BCUT2D eigenvalue weighted by molar-refractivity contribution is 7.82. The van der Waals surface area contributed by atoms with Crippen molar-refractivity contribution in [2.24, 2.45) is 0 Å². The van der Waals surface area contributed by atoms with Gasteiger partial charge in [-0.15, -0.1) is 0 Å². The fourth-order valence-electron chi connectivity index (χ4n) is 0.567. The number of carbonyl (C=O) groups is 1. The summed E-state index contributed by atoms with van der Waals surface area (Å²) in [5.74, 6) is 0. The van der Waals surface area contributed by atoms with E-state index in [1.54, 1.807) is 0 Å². The van der Waals surface area contributed by atoms with Gasteiger partial charge in [-0.25, -0.2) is 4.79 Å². The van der Waals surface area contributed by atoms with Crippen LogP contribution in [-0.4, -0.2) is 45.9 Å². The van der Waals surface area contributed by atoms with E-state index in [9.17, 15) is 4.79 Å². The Morgan fingerprint density at radius 2 is 1.50 bits per heavy atom. The van der Waals surface area contributed by atoms with Gasteiger partial charge < -0.3 is 0 Å². The first-order valence-electron chi connectivity index (χ1n) is 3.21. The molecule has 0 saturated heterocycles. The molecule has 0 aliphatic heterocycles. The first kappa shape index (κ1) is 14.4. The SMILES string of the molecule is O=C(CC(=S)C[P+](O)(O)O)[P+](O)(O)O. The third kappa shape index (κ3) is 6.78. The highest BCUT2D eigenvalue weighted by atomic mass is 32.1. The van der Waals surface area contributed by atoms with Gasteiger partial charge in [0.2, 0.25) is 0 Å². The quantitative estimate of drug-likeness (QED) is 0.267. The van der Waals surface area contributed by atoms with E-state index in [1.165, 1.54) is 0 Å². The fourth-order valence-corrected chi connectivity index (χ4v) is 2.31. The topological polar surface area (TPSA) is 138 Å². The molecule has 0 fully saturated rings. The van der Waals surface area contributed by atoms with Crippen LogP contribution >= 0.6 is 28.1 Å². The van der Waals surface area contributed by atoms with Crippen molar-refractivity contribution in [1.29, 1.82) is 0 Å². The predicted molar refractivity (Wildman–Crippen MR) is 54.2 cm³/mol. The van der Waals surface area contributed by atoms with Gasteiger partial charge in [-0.2, -0.15) is 29.4 Å². The zero-order valence-corrected chi connectivity index (χ0v) is 9.41. The van der Waals surface area contributed by atoms with Crippen LogP contribution in [0.2, 0.25) is 0 Å². The average Bonchev–Trinajstić information content (AvgIpc) is 1.79. The van der Waals surface area contributed by atoms with Crippen LogP contribution in [0.15, 0.2) is 0 Å². The molecule has 0 radical (unpaired) electrons. The van der Waals surface area contributed by atoms with E-state index in [-0.39, 0.29) is 4.86 Å².